The lowest BCUT2D eigenvalue weighted by molar-refractivity contribution is -0.114. The summed E-state index contributed by atoms with van der Waals surface area (Å²) in [5.74, 6) is 0.00822. The number of hydrogen-bond acceptors (Lipinski definition) is 7. The maximum absolute atomic E-state index is 13.0. The zero-order valence-corrected chi connectivity index (χ0v) is 20.3. The third-order valence-corrected chi connectivity index (χ3v) is 6.13. The number of likely N-dealkylation sites (N-methyl/N-ethyl adjacent to an activating group) is 1. The number of H-pyrrole nitrogens is 1. The van der Waals surface area contributed by atoms with Crippen LogP contribution in [0.15, 0.2) is 80.7 Å². The van der Waals surface area contributed by atoms with E-state index in [1.807, 2.05) is 60.7 Å². The molecule has 0 saturated heterocycles. The summed E-state index contributed by atoms with van der Waals surface area (Å²) >= 11 is 0. The van der Waals surface area contributed by atoms with Crippen LogP contribution in [0.3, 0.4) is 0 Å². The molecule has 4 N–H and O–H groups in total. The fourth-order valence-corrected chi connectivity index (χ4v) is 4.37. The summed E-state index contributed by atoms with van der Waals surface area (Å²) < 4.78 is 12.7. The van der Waals surface area contributed by atoms with E-state index in [0.717, 1.165) is 21.9 Å². The van der Waals surface area contributed by atoms with E-state index in [1.165, 1.54) is 16.6 Å². The molecular weight excluding hydrogens is 474 g/mol. The molecule has 0 saturated carbocycles. The first-order valence-corrected chi connectivity index (χ1v) is 11.5. The Hall–Kier alpha value is -4.99. The molecule has 0 radical (unpaired) electrons. The van der Waals surface area contributed by atoms with Crippen molar-refractivity contribution in [2.24, 2.45) is 0 Å². The van der Waals surface area contributed by atoms with Gasteiger partial charge in [-0.05, 0) is 17.7 Å². The van der Waals surface area contributed by atoms with Crippen molar-refractivity contribution in [1.82, 2.24) is 9.55 Å². The van der Waals surface area contributed by atoms with Crippen LogP contribution in [0, 0.1) is 0 Å². The second-order valence-corrected chi connectivity index (χ2v) is 8.62. The summed E-state index contributed by atoms with van der Waals surface area (Å²) in [6.45, 7) is -0.0395. The summed E-state index contributed by atoms with van der Waals surface area (Å²) in [6.07, 6.45) is 0. The van der Waals surface area contributed by atoms with Crippen LogP contribution >= 0.6 is 0 Å². The van der Waals surface area contributed by atoms with Crippen molar-refractivity contribution >= 4 is 45.0 Å². The van der Waals surface area contributed by atoms with E-state index in [1.54, 1.807) is 13.1 Å². The molecular formula is C27H25N5O5. The summed E-state index contributed by atoms with van der Waals surface area (Å²) in [5.41, 5.74) is 7.53. The number of anilines is 3. The highest BCUT2D eigenvalue weighted by Gasteiger charge is 2.20. The lowest BCUT2D eigenvalue weighted by Crippen LogP contribution is -2.39. The minimum absolute atomic E-state index is 0.0189. The number of hydrogen-bond donors (Lipinski definition) is 3. The van der Waals surface area contributed by atoms with Crippen molar-refractivity contribution in [2.45, 2.75) is 6.54 Å². The number of aromatic amines is 1. The van der Waals surface area contributed by atoms with Crippen LogP contribution in [-0.2, 0) is 11.3 Å². The Bertz CT molecular complexity index is 1740. The van der Waals surface area contributed by atoms with Crippen LogP contribution < -0.4 is 31.9 Å². The van der Waals surface area contributed by atoms with Gasteiger partial charge in [-0.2, -0.15) is 0 Å². The maximum Gasteiger partial charge on any atom is 0.330 e. The Balaban J connectivity index is 1.40. The molecule has 0 fully saturated rings. The number of rotatable bonds is 7. The Morgan fingerprint density at radius 2 is 1.78 bits per heavy atom. The Labute approximate surface area is 210 Å². The predicted molar refractivity (Wildman–Crippen MR) is 143 cm³/mol. The molecule has 2 aromatic heterocycles. The molecule has 5 aromatic rings. The van der Waals surface area contributed by atoms with Crippen molar-refractivity contribution in [1.29, 1.82) is 0 Å². The normalized spacial score (nSPS) is 11.1. The number of nitrogens with one attached hydrogen (secondary N) is 2. The number of amides is 1. The van der Waals surface area contributed by atoms with E-state index in [4.69, 9.17) is 14.9 Å². The molecule has 188 valence electrons. The standard InChI is InChI=1S/C27H25N5O5/c1-31(24-25(28)32(27(35)30-26(24)34)14-16-8-4-3-5-9-16)15-23(33)29-19-13-21-18(12-22(19)36-2)17-10-6-7-11-20(17)37-21/h3-13H,14-15,28H2,1-2H3,(H,29,33)(H,30,34,35). The van der Waals surface area contributed by atoms with Crippen LogP contribution in [0.5, 0.6) is 5.75 Å². The first kappa shape index (κ1) is 23.7. The third kappa shape index (κ3) is 4.52. The van der Waals surface area contributed by atoms with Gasteiger partial charge in [0, 0.05) is 23.9 Å². The topological polar surface area (TPSA) is 136 Å². The van der Waals surface area contributed by atoms with Crippen molar-refractivity contribution < 1.29 is 13.9 Å². The van der Waals surface area contributed by atoms with Gasteiger partial charge in [-0.3, -0.25) is 19.1 Å². The highest BCUT2D eigenvalue weighted by atomic mass is 16.5. The average Bonchev–Trinajstić information content (AvgIpc) is 3.23. The minimum Gasteiger partial charge on any atom is -0.495 e. The van der Waals surface area contributed by atoms with Crippen LogP contribution in [-0.4, -0.2) is 36.2 Å². The largest absolute Gasteiger partial charge is 0.495 e. The van der Waals surface area contributed by atoms with Crippen LogP contribution in [0.2, 0.25) is 0 Å². The molecule has 5 rings (SSSR count). The predicted octanol–water partition coefficient (Wildman–Crippen LogP) is 3.15. The number of ether oxygens (including phenoxy) is 1. The fourth-order valence-electron chi connectivity index (χ4n) is 4.37. The van der Waals surface area contributed by atoms with E-state index >= 15 is 0 Å². The molecule has 0 aliphatic rings. The van der Waals surface area contributed by atoms with Crippen molar-refractivity contribution in [2.75, 3.05) is 36.7 Å². The smallest absolute Gasteiger partial charge is 0.330 e. The van der Waals surface area contributed by atoms with Crippen molar-refractivity contribution in [3.63, 3.8) is 0 Å². The third-order valence-electron chi connectivity index (χ3n) is 6.13. The number of nitrogen functional groups attached to an aromatic ring is 1. The lowest BCUT2D eigenvalue weighted by atomic mass is 10.1. The monoisotopic (exact) mass is 499 g/mol. The average molecular weight is 500 g/mol. The van der Waals surface area contributed by atoms with Gasteiger partial charge in [0.25, 0.3) is 5.56 Å². The fraction of sp³-hybridized carbons (Fsp3) is 0.148. The number of carbonyl (C=O) groups is 1. The maximum atomic E-state index is 13.0. The molecule has 10 heteroatoms. The number of aromatic nitrogens is 2. The molecule has 0 unspecified atom stereocenters. The van der Waals surface area contributed by atoms with Gasteiger partial charge in [-0.1, -0.05) is 48.5 Å². The van der Waals surface area contributed by atoms with E-state index in [2.05, 4.69) is 10.3 Å². The molecule has 0 spiro atoms. The molecule has 0 bridgehead atoms. The summed E-state index contributed by atoms with van der Waals surface area (Å²) in [6, 6.07) is 20.4. The van der Waals surface area contributed by atoms with Gasteiger partial charge >= 0.3 is 5.69 Å². The van der Waals surface area contributed by atoms with Gasteiger partial charge in [0.05, 0.1) is 25.9 Å². The summed E-state index contributed by atoms with van der Waals surface area (Å²) in [7, 11) is 3.07. The molecule has 0 aliphatic carbocycles. The summed E-state index contributed by atoms with van der Waals surface area (Å²) in [5, 5.41) is 4.62. The molecule has 0 aliphatic heterocycles. The van der Waals surface area contributed by atoms with E-state index in [0.29, 0.717) is 17.0 Å². The number of para-hydroxylation sites is 1. The van der Waals surface area contributed by atoms with E-state index in [9.17, 15) is 14.4 Å². The quantitative estimate of drug-likeness (QED) is 0.313. The van der Waals surface area contributed by atoms with Crippen LogP contribution in [0.4, 0.5) is 17.2 Å². The first-order valence-electron chi connectivity index (χ1n) is 11.5. The number of fused-ring (bicyclic) bond motifs is 3. The van der Waals surface area contributed by atoms with Crippen LogP contribution in [0.25, 0.3) is 21.9 Å². The van der Waals surface area contributed by atoms with E-state index < -0.39 is 17.2 Å². The second-order valence-electron chi connectivity index (χ2n) is 8.62. The number of methoxy groups -OCH3 is 1. The number of benzene rings is 3. The van der Waals surface area contributed by atoms with Gasteiger partial charge in [0.2, 0.25) is 5.91 Å². The zero-order chi connectivity index (χ0) is 26.1. The Morgan fingerprint density at radius 1 is 1.05 bits per heavy atom. The molecule has 0 atom stereocenters. The van der Waals surface area contributed by atoms with Gasteiger partial charge in [-0.15, -0.1) is 0 Å². The SMILES string of the molecule is COc1cc2c(cc1NC(=O)CN(C)c1c(N)n(Cc3ccccc3)c(=O)[nH]c1=O)oc1ccccc12. The van der Waals surface area contributed by atoms with E-state index in [-0.39, 0.29) is 24.6 Å². The number of nitrogens with two attached hydrogens (primary N) is 1. The highest BCUT2D eigenvalue weighted by Crippen LogP contribution is 2.36. The highest BCUT2D eigenvalue weighted by molar-refractivity contribution is 6.08. The molecule has 37 heavy (non-hydrogen) atoms. The molecule has 1 amide bonds. The second kappa shape index (κ2) is 9.57. The number of carbonyl (C=O) groups excluding carboxylic acids is 1. The van der Waals surface area contributed by atoms with Crippen molar-refractivity contribution in [3.8, 4) is 5.75 Å². The lowest BCUT2D eigenvalue weighted by Gasteiger charge is -2.21. The first-order chi connectivity index (χ1) is 17.9. The van der Waals surface area contributed by atoms with Crippen LogP contribution in [0.1, 0.15) is 5.56 Å². The number of nitrogens with zero attached hydrogens (tertiary/aromatic N) is 2. The zero-order valence-electron chi connectivity index (χ0n) is 20.3. The molecule has 10 nitrogen and oxygen atoms in total. The van der Waals surface area contributed by atoms with Gasteiger partial charge in [0.15, 0.2) is 0 Å². The Kier molecular flexibility index (Phi) is 6.14. The molecule has 2 heterocycles. The molecule has 3 aromatic carbocycles. The van der Waals surface area contributed by atoms with Gasteiger partial charge in [0.1, 0.15) is 28.4 Å². The minimum atomic E-state index is -0.677. The van der Waals surface area contributed by atoms with Crippen molar-refractivity contribution in [3.05, 3.63) is 93.1 Å². The number of furan rings is 1. The Morgan fingerprint density at radius 3 is 2.54 bits per heavy atom. The van der Waals surface area contributed by atoms with Gasteiger partial charge < -0.3 is 25.1 Å². The van der Waals surface area contributed by atoms with Gasteiger partial charge in [-0.25, -0.2) is 4.79 Å². The summed E-state index contributed by atoms with van der Waals surface area (Å²) in [4.78, 5) is 41.7.